The normalized spacial score (nSPS) is 12.1. The van der Waals surface area contributed by atoms with Crippen LogP contribution in [0.15, 0.2) is 42.7 Å². The molecule has 0 saturated heterocycles. The second kappa shape index (κ2) is 4.69. The molecule has 1 atom stereocenters. The number of carbonyl (C=O) groups is 1. The summed E-state index contributed by atoms with van der Waals surface area (Å²) in [6.45, 7) is 1.79. The number of benzene rings is 1. The standard InChI is InChI=1S/C12H14N4O/c1-9(16-8-2-7-14-16)12(17)15-11-5-3-10(13)4-6-11/h2-9H,13H2,1H3,(H,15,17). The number of rotatable bonds is 3. The van der Waals surface area contributed by atoms with Gasteiger partial charge < -0.3 is 11.1 Å². The van der Waals surface area contributed by atoms with Crippen LogP contribution in [-0.2, 0) is 4.79 Å². The van der Waals surface area contributed by atoms with Crippen LogP contribution in [0.2, 0.25) is 0 Å². The maximum absolute atomic E-state index is 11.9. The smallest absolute Gasteiger partial charge is 0.248 e. The van der Waals surface area contributed by atoms with E-state index < -0.39 is 0 Å². The van der Waals surface area contributed by atoms with Crippen LogP contribution in [0.1, 0.15) is 13.0 Å². The summed E-state index contributed by atoms with van der Waals surface area (Å²) in [4.78, 5) is 11.9. The van der Waals surface area contributed by atoms with Crippen molar-refractivity contribution >= 4 is 17.3 Å². The van der Waals surface area contributed by atoms with E-state index in [0.717, 1.165) is 5.69 Å². The summed E-state index contributed by atoms with van der Waals surface area (Å²) in [5, 5.41) is 6.83. The second-order valence-electron chi connectivity index (χ2n) is 3.77. The monoisotopic (exact) mass is 230 g/mol. The maximum Gasteiger partial charge on any atom is 0.248 e. The third kappa shape index (κ3) is 2.63. The highest BCUT2D eigenvalue weighted by Gasteiger charge is 2.14. The molecular weight excluding hydrogens is 216 g/mol. The Hall–Kier alpha value is -2.30. The van der Waals surface area contributed by atoms with Crippen LogP contribution < -0.4 is 11.1 Å². The molecule has 17 heavy (non-hydrogen) atoms. The summed E-state index contributed by atoms with van der Waals surface area (Å²) in [6, 6.07) is 8.46. The Balaban J connectivity index is 2.04. The molecule has 3 N–H and O–H groups in total. The minimum absolute atomic E-state index is 0.113. The molecule has 0 saturated carbocycles. The number of amides is 1. The lowest BCUT2D eigenvalue weighted by atomic mass is 10.2. The molecule has 5 nitrogen and oxygen atoms in total. The number of nitrogens with one attached hydrogen (secondary N) is 1. The molecular formula is C12H14N4O. The van der Waals surface area contributed by atoms with Crippen molar-refractivity contribution in [3.05, 3.63) is 42.7 Å². The summed E-state index contributed by atoms with van der Waals surface area (Å²) < 4.78 is 1.60. The zero-order valence-corrected chi connectivity index (χ0v) is 9.50. The van der Waals surface area contributed by atoms with Crippen LogP contribution in [0, 0.1) is 0 Å². The lowest BCUT2D eigenvalue weighted by Crippen LogP contribution is -2.23. The molecule has 1 unspecified atom stereocenters. The van der Waals surface area contributed by atoms with Gasteiger partial charge in [0.25, 0.3) is 0 Å². The van der Waals surface area contributed by atoms with Gasteiger partial charge in [-0.05, 0) is 37.3 Å². The SMILES string of the molecule is CC(C(=O)Nc1ccc(N)cc1)n1cccn1. The first-order valence-corrected chi connectivity index (χ1v) is 5.32. The highest BCUT2D eigenvalue weighted by atomic mass is 16.2. The lowest BCUT2D eigenvalue weighted by Gasteiger charge is -2.12. The van der Waals surface area contributed by atoms with Crippen molar-refractivity contribution in [1.29, 1.82) is 0 Å². The Labute approximate surface area is 99.2 Å². The number of nitrogens with zero attached hydrogens (tertiary/aromatic N) is 2. The molecule has 0 aliphatic rings. The van der Waals surface area contributed by atoms with E-state index in [4.69, 9.17) is 5.73 Å². The number of anilines is 2. The summed E-state index contributed by atoms with van der Waals surface area (Å²) in [6.07, 6.45) is 3.40. The Morgan fingerprint density at radius 2 is 2.12 bits per heavy atom. The molecule has 88 valence electrons. The minimum atomic E-state index is -0.345. The summed E-state index contributed by atoms with van der Waals surface area (Å²) in [5.74, 6) is -0.113. The van der Waals surface area contributed by atoms with E-state index in [1.807, 2.05) is 0 Å². The van der Waals surface area contributed by atoms with Gasteiger partial charge in [0.1, 0.15) is 6.04 Å². The molecule has 5 heteroatoms. The number of hydrogen-bond donors (Lipinski definition) is 2. The van der Waals surface area contributed by atoms with E-state index in [-0.39, 0.29) is 11.9 Å². The second-order valence-corrected chi connectivity index (χ2v) is 3.77. The molecule has 1 amide bonds. The Morgan fingerprint density at radius 3 is 2.71 bits per heavy atom. The van der Waals surface area contributed by atoms with Crippen LogP contribution in [0.25, 0.3) is 0 Å². The number of hydrogen-bond acceptors (Lipinski definition) is 3. The topological polar surface area (TPSA) is 72.9 Å². The third-order valence-electron chi connectivity index (χ3n) is 2.48. The quantitative estimate of drug-likeness (QED) is 0.788. The Morgan fingerprint density at radius 1 is 1.41 bits per heavy atom. The lowest BCUT2D eigenvalue weighted by molar-refractivity contribution is -0.119. The van der Waals surface area contributed by atoms with Crippen molar-refractivity contribution in [3.8, 4) is 0 Å². The first-order valence-electron chi connectivity index (χ1n) is 5.32. The zero-order chi connectivity index (χ0) is 12.3. The van der Waals surface area contributed by atoms with Crippen molar-refractivity contribution < 1.29 is 4.79 Å². The van der Waals surface area contributed by atoms with Crippen LogP contribution >= 0.6 is 0 Å². The van der Waals surface area contributed by atoms with E-state index in [1.165, 1.54) is 0 Å². The third-order valence-corrected chi connectivity index (χ3v) is 2.48. The molecule has 1 heterocycles. The van der Waals surface area contributed by atoms with Gasteiger partial charge in [-0.25, -0.2) is 0 Å². The van der Waals surface area contributed by atoms with Gasteiger partial charge in [0.2, 0.25) is 5.91 Å². The van der Waals surface area contributed by atoms with E-state index in [0.29, 0.717) is 5.69 Å². The van der Waals surface area contributed by atoms with Crippen molar-refractivity contribution in [1.82, 2.24) is 9.78 Å². The fourth-order valence-electron chi connectivity index (χ4n) is 1.44. The van der Waals surface area contributed by atoms with Gasteiger partial charge in [-0.1, -0.05) is 0 Å². The fraction of sp³-hybridized carbons (Fsp3) is 0.167. The van der Waals surface area contributed by atoms with Crippen LogP contribution in [0.3, 0.4) is 0 Å². The van der Waals surface area contributed by atoms with Crippen LogP contribution in [0.4, 0.5) is 11.4 Å². The van der Waals surface area contributed by atoms with Crippen molar-refractivity contribution in [2.24, 2.45) is 0 Å². The summed E-state index contributed by atoms with van der Waals surface area (Å²) >= 11 is 0. The first kappa shape index (κ1) is 11.2. The van der Waals surface area contributed by atoms with Gasteiger partial charge >= 0.3 is 0 Å². The molecule has 0 spiro atoms. The highest BCUT2D eigenvalue weighted by molar-refractivity contribution is 5.93. The number of carbonyl (C=O) groups excluding carboxylic acids is 1. The van der Waals surface area contributed by atoms with Crippen molar-refractivity contribution in [3.63, 3.8) is 0 Å². The van der Waals surface area contributed by atoms with Crippen LogP contribution in [0.5, 0.6) is 0 Å². The average molecular weight is 230 g/mol. The largest absolute Gasteiger partial charge is 0.399 e. The Bertz CT molecular complexity index is 490. The highest BCUT2D eigenvalue weighted by Crippen LogP contribution is 2.13. The molecule has 0 fully saturated rings. The number of nitrogen functional groups attached to an aromatic ring is 1. The minimum Gasteiger partial charge on any atom is -0.399 e. The summed E-state index contributed by atoms with van der Waals surface area (Å²) in [7, 11) is 0. The molecule has 1 aromatic heterocycles. The van der Waals surface area contributed by atoms with Gasteiger partial charge in [0.05, 0.1) is 0 Å². The fourth-order valence-corrected chi connectivity index (χ4v) is 1.44. The molecule has 0 aliphatic carbocycles. The maximum atomic E-state index is 11.9. The van der Waals surface area contributed by atoms with E-state index in [9.17, 15) is 4.79 Å². The molecule has 0 bridgehead atoms. The van der Waals surface area contributed by atoms with Gasteiger partial charge in [-0.2, -0.15) is 5.10 Å². The predicted octanol–water partition coefficient (Wildman–Crippen LogP) is 1.66. The molecule has 0 aliphatic heterocycles. The number of aromatic nitrogens is 2. The Kier molecular flexibility index (Phi) is 3.09. The zero-order valence-electron chi connectivity index (χ0n) is 9.50. The predicted molar refractivity (Wildman–Crippen MR) is 66.4 cm³/mol. The van der Waals surface area contributed by atoms with Gasteiger partial charge in [-0.15, -0.1) is 0 Å². The molecule has 0 radical (unpaired) electrons. The molecule has 2 rings (SSSR count). The number of nitrogens with two attached hydrogens (primary N) is 1. The van der Waals surface area contributed by atoms with Crippen molar-refractivity contribution in [2.45, 2.75) is 13.0 Å². The van der Waals surface area contributed by atoms with Crippen molar-refractivity contribution in [2.75, 3.05) is 11.1 Å². The van der Waals surface area contributed by atoms with E-state index >= 15 is 0 Å². The van der Waals surface area contributed by atoms with Gasteiger partial charge in [-0.3, -0.25) is 9.48 Å². The van der Waals surface area contributed by atoms with Gasteiger partial charge in [0, 0.05) is 23.8 Å². The van der Waals surface area contributed by atoms with Crippen LogP contribution in [-0.4, -0.2) is 15.7 Å². The first-order chi connectivity index (χ1) is 8.16. The molecule has 2 aromatic rings. The van der Waals surface area contributed by atoms with Gasteiger partial charge in [0.15, 0.2) is 0 Å². The average Bonchev–Trinajstić information content (AvgIpc) is 2.84. The summed E-state index contributed by atoms with van der Waals surface area (Å²) in [5.41, 5.74) is 6.96. The van der Waals surface area contributed by atoms with E-state index in [1.54, 1.807) is 54.3 Å². The van der Waals surface area contributed by atoms with E-state index in [2.05, 4.69) is 10.4 Å². The molecule has 1 aromatic carbocycles.